The summed E-state index contributed by atoms with van der Waals surface area (Å²) in [5.41, 5.74) is 17.4. The summed E-state index contributed by atoms with van der Waals surface area (Å²) in [6.07, 6.45) is 0. The molecule has 2 nitrogen and oxygen atoms in total. The summed E-state index contributed by atoms with van der Waals surface area (Å²) in [7, 11) is 0. The molecule has 10 rings (SSSR count). The van der Waals surface area contributed by atoms with Crippen LogP contribution >= 0.6 is 0 Å². The van der Waals surface area contributed by atoms with Crippen LogP contribution in [0.25, 0.3) is 100 Å². The van der Waals surface area contributed by atoms with Gasteiger partial charge in [-0.1, -0.05) is 176 Å². The van der Waals surface area contributed by atoms with Crippen LogP contribution in [0, 0.1) is 0 Å². The molecule has 0 atom stereocenters. The van der Waals surface area contributed by atoms with Crippen LogP contribution < -0.4 is 0 Å². The predicted molar refractivity (Wildman–Crippen MR) is 217 cm³/mol. The van der Waals surface area contributed by atoms with E-state index in [9.17, 15) is 0 Å². The molecule has 2 heteroatoms. The van der Waals surface area contributed by atoms with Gasteiger partial charge in [-0.25, -0.2) is 9.97 Å². The molecule has 0 amide bonds. The molecule has 0 unspecified atom stereocenters. The normalized spacial score (nSPS) is 11.5. The largest absolute Gasteiger partial charge is 0.228 e. The van der Waals surface area contributed by atoms with Crippen molar-refractivity contribution in [2.45, 2.75) is 0 Å². The van der Waals surface area contributed by atoms with Crippen molar-refractivity contribution in [3.63, 3.8) is 0 Å². The second kappa shape index (κ2) is 12.5. The quantitative estimate of drug-likeness (QED) is 0.177. The predicted octanol–water partition coefficient (Wildman–Crippen LogP) is 13.3. The summed E-state index contributed by atoms with van der Waals surface area (Å²) in [4.78, 5) is 10.1. The summed E-state index contributed by atoms with van der Waals surface area (Å²) >= 11 is 0. The van der Waals surface area contributed by atoms with Gasteiger partial charge >= 0.3 is 0 Å². The number of hydrogen-bond donors (Lipinski definition) is 0. The molecule has 9 aromatic rings. The number of nitrogens with zero attached hydrogens (tertiary/aromatic N) is 2. The highest BCUT2D eigenvalue weighted by molar-refractivity contribution is 6.16. The first-order chi connectivity index (χ1) is 25.7. The van der Waals surface area contributed by atoms with E-state index in [0.29, 0.717) is 5.82 Å². The second-order valence-electron chi connectivity index (χ2n) is 13.4. The molecule has 0 aliphatic heterocycles. The zero-order valence-corrected chi connectivity index (χ0v) is 28.4. The lowest BCUT2D eigenvalue weighted by Crippen LogP contribution is -1.96. The van der Waals surface area contributed by atoms with Gasteiger partial charge in [-0.3, -0.25) is 0 Å². The highest BCUT2D eigenvalue weighted by atomic mass is 14.9. The maximum atomic E-state index is 5.05. The van der Waals surface area contributed by atoms with Crippen molar-refractivity contribution in [3.8, 4) is 89.5 Å². The minimum atomic E-state index is 0.715. The number of hydrogen-bond acceptors (Lipinski definition) is 2. The van der Waals surface area contributed by atoms with E-state index in [0.717, 1.165) is 28.1 Å². The van der Waals surface area contributed by atoms with Crippen LogP contribution in [0.15, 0.2) is 194 Å². The Hall–Kier alpha value is -6.90. The van der Waals surface area contributed by atoms with Gasteiger partial charge in [0.1, 0.15) is 0 Å². The summed E-state index contributed by atoms with van der Waals surface area (Å²) in [5.74, 6) is 0.715. The molecule has 0 saturated heterocycles. The van der Waals surface area contributed by atoms with Gasteiger partial charge in [0.05, 0.1) is 11.4 Å². The van der Waals surface area contributed by atoms with Crippen molar-refractivity contribution in [1.29, 1.82) is 0 Å². The van der Waals surface area contributed by atoms with E-state index in [1.165, 1.54) is 66.4 Å². The number of rotatable bonds is 6. The lowest BCUT2D eigenvalue weighted by atomic mass is 9.94. The molecule has 0 fully saturated rings. The minimum absolute atomic E-state index is 0.715. The fraction of sp³-hybridized carbons (Fsp3) is 0. The average molecular weight is 661 g/mol. The Labute approximate surface area is 303 Å². The van der Waals surface area contributed by atoms with E-state index in [1.54, 1.807) is 0 Å². The fourth-order valence-electron chi connectivity index (χ4n) is 7.60. The molecule has 0 saturated carbocycles. The second-order valence-corrected chi connectivity index (χ2v) is 13.4. The maximum absolute atomic E-state index is 5.05. The maximum Gasteiger partial charge on any atom is 0.160 e. The third-order valence-electron chi connectivity index (χ3n) is 10.3. The molecule has 0 spiro atoms. The summed E-state index contributed by atoms with van der Waals surface area (Å²) in [6, 6.07) is 69.2. The first-order valence-electron chi connectivity index (χ1n) is 17.7. The van der Waals surface area contributed by atoms with Crippen LogP contribution in [-0.4, -0.2) is 9.97 Å². The summed E-state index contributed by atoms with van der Waals surface area (Å²) in [6.45, 7) is 0. The van der Waals surface area contributed by atoms with Gasteiger partial charge in [0.2, 0.25) is 0 Å². The molecule has 0 radical (unpaired) electrons. The van der Waals surface area contributed by atoms with Crippen LogP contribution in [0.2, 0.25) is 0 Å². The van der Waals surface area contributed by atoms with Crippen molar-refractivity contribution in [1.82, 2.24) is 9.97 Å². The van der Waals surface area contributed by atoms with E-state index < -0.39 is 0 Å². The van der Waals surface area contributed by atoms with E-state index in [4.69, 9.17) is 9.97 Å². The van der Waals surface area contributed by atoms with Crippen molar-refractivity contribution in [2.24, 2.45) is 0 Å². The van der Waals surface area contributed by atoms with Crippen LogP contribution in [0.5, 0.6) is 0 Å². The first kappa shape index (κ1) is 30.0. The zero-order valence-electron chi connectivity index (χ0n) is 28.4. The Bertz CT molecular complexity index is 2730. The molecule has 52 heavy (non-hydrogen) atoms. The van der Waals surface area contributed by atoms with Crippen molar-refractivity contribution < 1.29 is 0 Å². The Kier molecular flexibility index (Phi) is 7.18. The van der Waals surface area contributed by atoms with Crippen LogP contribution in [0.1, 0.15) is 0 Å². The Morgan fingerprint density at radius 1 is 0.250 bits per heavy atom. The molecule has 0 N–H and O–H groups in total. The molecular weight excluding hydrogens is 629 g/mol. The monoisotopic (exact) mass is 660 g/mol. The smallest absolute Gasteiger partial charge is 0.160 e. The van der Waals surface area contributed by atoms with Gasteiger partial charge < -0.3 is 0 Å². The van der Waals surface area contributed by atoms with Crippen LogP contribution in [-0.2, 0) is 0 Å². The average Bonchev–Trinajstić information content (AvgIpc) is 3.56. The van der Waals surface area contributed by atoms with Crippen molar-refractivity contribution >= 4 is 10.8 Å². The lowest BCUT2D eigenvalue weighted by Gasteiger charge is -2.11. The van der Waals surface area contributed by atoms with E-state index in [2.05, 4.69) is 170 Å². The third kappa shape index (κ3) is 5.30. The molecule has 242 valence electrons. The molecule has 1 heterocycles. The highest BCUT2D eigenvalue weighted by Crippen LogP contribution is 2.48. The molecular formula is C50H32N2. The van der Waals surface area contributed by atoms with E-state index in [1.807, 2.05) is 24.3 Å². The number of fused-ring (bicyclic) bond motifs is 3. The molecule has 1 aromatic heterocycles. The van der Waals surface area contributed by atoms with Gasteiger partial charge in [0.25, 0.3) is 0 Å². The Morgan fingerprint density at radius 3 is 1.23 bits per heavy atom. The Balaban J connectivity index is 0.963. The van der Waals surface area contributed by atoms with E-state index in [-0.39, 0.29) is 0 Å². The Morgan fingerprint density at radius 2 is 0.673 bits per heavy atom. The zero-order chi connectivity index (χ0) is 34.4. The fourth-order valence-corrected chi connectivity index (χ4v) is 7.60. The topological polar surface area (TPSA) is 25.8 Å². The van der Waals surface area contributed by atoms with Gasteiger partial charge in [-0.15, -0.1) is 0 Å². The molecule has 1 aliphatic rings. The summed E-state index contributed by atoms with van der Waals surface area (Å²) in [5, 5.41) is 2.64. The number of aromatic nitrogens is 2. The lowest BCUT2D eigenvalue weighted by molar-refractivity contribution is 1.18. The molecule has 1 aliphatic carbocycles. The van der Waals surface area contributed by atoms with Gasteiger partial charge in [-0.2, -0.15) is 0 Å². The van der Waals surface area contributed by atoms with Crippen molar-refractivity contribution in [3.05, 3.63) is 194 Å². The SMILES string of the molecule is c1ccc(-c2ccc(-c3cc(-c4ccc(-c5ccc(-c6cc7c8c(cccc8c6)-c6ccccc6-7)cc5)cc4)nc(-c4ccccc4)n3)cc2)cc1. The standard InChI is InChI=1S/C50H32N2/c1-3-10-33(11-4-1)34-22-26-38(27-23-34)47-32-48(52-50(51-47)40-12-5-2-6-13-40)39-28-24-36(25-29-39)35-18-20-37(21-19-35)42-30-41-14-9-17-45-43-15-7-8-16-44(43)46(31-42)49(41)45/h1-32H. The molecule has 0 bridgehead atoms. The van der Waals surface area contributed by atoms with E-state index >= 15 is 0 Å². The van der Waals surface area contributed by atoms with Gasteiger partial charge in [-0.05, 0) is 84.6 Å². The molecule has 8 aromatic carbocycles. The highest BCUT2D eigenvalue weighted by Gasteiger charge is 2.21. The first-order valence-corrected chi connectivity index (χ1v) is 17.7. The third-order valence-corrected chi connectivity index (χ3v) is 10.3. The van der Waals surface area contributed by atoms with Crippen molar-refractivity contribution in [2.75, 3.05) is 0 Å². The van der Waals surface area contributed by atoms with Crippen LogP contribution in [0.3, 0.4) is 0 Å². The van der Waals surface area contributed by atoms with Crippen LogP contribution in [0.4, 0.5) is 0 Å². The number of benzene rings is 8. The van der Waals surface area contributed by atoms with Gasteiger partial charge in [0, 0.05) is 16.7 Å². The summed E-state index contributed by atoms with van der Waals surface area (Å²) < 4.78 is 0. The van der Waals surface area contributed by atoms with Gasteiger partial charge in [0.15, 0.2) is 5.82 Å². The minimum Gasteiger partial charge on any atom is -0.228 e.